The van der Waals surface area contributed by atoms with Gasteiger partial charge in [-0.25, -0.2) is 0 Å². The number of aliphatic hydroxyl groups excluding tert-OH is 1. The van der Waals surface area contributed by atoms with Gasteiger partial charge in [-0.1, -0.05) is 6.08 Å². The number of carbonyl (C=O) groups excluding carboxylic acids is 1. The molecule has 46 valence electrons. The van der Waals surface area contributed by atoms with Crippen LogP contribution in [0, 0.1) is 0 Å². The van der Waals surface area contributed by atoms with E-state index in [-0.39, 0.29) is 12.2 Å². The molecule has 0 aromatic carbocycles. The van der Waals surface area contributed by atoms with Crippen molar-refractivity contribution in [2.45, 2.75) is 6.92 Å². The maximum absolute atomic E-state index is 10.2. The van der Waals surface area contributed by atoms with Crippen molar-refractivity contribution in [2.24, 2.45) is 5.73 Å². The van der Waals surface area contributed by atoms with Gasteiger partial charge in [0.25, 0.3) is 0 Å². The number of amides is 1. The number of allylic oxidation sites excluding steroid dienone is 1. The number of aliphatic hydroxyl groups is 1. The average Bonchev–Trinajstić information content (AvgIpc) is 1.69. The molecule has 0 spiro atoms. The van der Waals surface area contributed by atoms with Crippen molar-refractivity contribution in [1.29, 1.82) is 0 Å². The summed E-state index contributed by atoms with van der Waals surface area (Å²) in [5, 5.41) is 8.33. The van der Waals surface area contributed by atoms with E-state index in [2.05, 4.69) is 0 Å². The van der Waals surface area contributed by atoms with E-state index in [0.717, 1.165) is 0 Å². The Labute approximate surface area is 47.8 Å². The van der Waals surface area contributed by atoms with Crippen LogP contribution < -0.4 is 5.73 Å². The Balaban J connectivity index is 3.92. The van der Waals surface area contributed by atoms with Crippen LogP contribution in [-0.4, -0.2) is 17.6 Å². The van der Waals surface area contributed by atoms with Gasteiger partial charge in [-0.2, -0.15) is 0 Å². The SMILES string of the molecule is CC=C(CO)C(N)=O. The van der Waals surface area contributed by atoms with Gasteiger partial charge in [0.1, 0.15) is 0 Å². The van der Waals surface area contributed by atoms with Gasteiger partial charge >= 0.3 is 0 Å². The molecular weight excluding hydrogens is 106 g/mol. The molecule has 0 radical (unpaired) electrons. The third-order valence-corrected chi connectivity index (χ3v) is 0.835. The third kappa shape index (κ3) is 1.75. The smallest absolute Gasteiger partial charge is 0.246 e. The zero-order chi connectivity index (χ0) is 6.57. The van der Waals surface area contributed by atoms with Crippen LogP contribution in [0.4, 0.5) is 0 Å². The first kappa shape index (κ1) is 7.17. The highest BCUT2D eigenvalue weighted by Gasteiger charge is 1.97. The van der Waals surface area contributed by atoms with Gasteiger partial charge in [-0.15, -0.1) is 0 Å². The van der Waals surface area contributed by atoms with Crippen molar-refractivity contribution in [3.05, 3.63) is 11.6 Å². The molecule has 3 nitrogen and oxygen atoms in total. The highest BCUT2D eigenvalue weighted by Crippen LogP contribution is 1.87. The van der Waals surface area contributed by atoms with E-state index in [1.165, 1.54) is 6.08 Å². The predicted molar refractivity (Wildman–Crippen MR) is 30.0 cm³/mol. The molecule has 0 fully saturated rings. The average molecular weight is 115 g/mol. The van der Waals surface area contributed by atoms with Gasteiger partial charge < -0.3 is 10.8 Å². The minimum absolute atomic E-state index is 0.255. The Morgan fingerprint density at radius 2 is 2.38 bits per heavy atom. The molecule has 0 aromatic heterocycles. The first-order chi connectivity index (χ1) is 3.72. The first-order valence-corrected chi connectivity index (χ1v) is 2.28. The van der Waals surface area contributed by atoms with Gasteiger partial charge in [0.05, 0.1) is 6.61 Å². The second kappa shape index (κ2) is 3.21. The fourth-order valence-corrected chi connectivity index (χ4v) is 0.311. The van der Waals surface area contributed by atoms with Crippen molar-refractivity contribution >= 4 is 5.91 Å². The van der Waals surface area contributed by atoms with E-state index >= 15 is 0 Å². The minimum Gasteiger partial charge on any atom is -0.391 e. The summed E-state index contributed by atoms with van der Waals surface area (Å²) in [6, 6.07) is 0. The van der Waals surface area contributed by atoms with Crippen LogP contribution in [0.5, 0.6) is 0 Å². The van der Waals surface area contributed by atoms with Crippen molar-refractivity contribution in [1.82, 2.24) is 0 Å². The Bertz CT molecular complexity index is 118. The van der Waals surface area contributed by atoms with Crippen LogP contribution in [0.15, 0.2) is 11.6 Å². The molecule has 0 aliphatic rings. The number of primary amides is 1. The maximum Gasteiger partial charge on any atom is 0.246 e. The number of carbonyl (C=O) groups is 1. The summed E-state index contributed by atoms with van der Waals surface area (Å²) in [5.41, 5.74) is 5.05. The molecule has 0 heterocycles. The quantitative estimate of drug-likeness (QED) is 0.472. The molecule has 0 rings (SSSR count). The molecular formula is C5H9NO2. The second-order valence-electron chi connectivity index (χ2n) is 1.34. The van der Waals surface area contributed by atoms with Crippen molar-refractivity contribution in [3.8, 4) is 0 Å². The molecule has 0 aliphatic carbocycles. The maximum atomic E-state index is 10.2. The van der Waals surface area contributed by atoms with E-state index < -0.39 is 5.91 Å². The van der Waals surface area contributed by atoms with E-state index in [1.54, 1.807) is 6.92 Å². The molecule has 0 unspecified atom stereocenters. The molecule has 1 amide bonds. The summed E-state index contributed by atoms with van der Waals surface area (Å²) >= 11 is 0. The lowest BCUT2D eigenvalue weighted by atomic mass is 10.3. The lowest BCUT2D eigenvalue weighted by Crippen LogP contribution is -2.15. The Morgan fingerprint density at radius 1 is 1.88 bits per heavy atom. The standard InChI is InChI=1S/C5H9NO2/c1-2-4(3-7)5(6)8/h2,7H,3H2,1H3,(H2,6,8). The van der Waals surface area contributed by atoms with Crippen LogP contribution in [0.3, 0.4) is 0 Å². The molecule has 0 saturated carbocycles. The lowest BCUT2D eigenvalue weighted by molar-refractivity contribution is -0.114. The van der Waals surface area contributed by atoms with E-state index in [1.807, 2.05) is 0 Å². The molecule has 0 saturated heterocycles. The molecule has 3 heteroatoms. The largest absolute Gasteiger partial charge is 0.391 e. The van der Waals surface area contributed by atoms with E-state index in [0.29, 0.717) is 0 Å². The summed E-state index contributed by atoms with van der Waals surface area (Å²) in [6.07, 6.45) is 1.49. The van der Waals surface area contributed by atoms with Crippen molar-refractivity contribution in [3.63, 3.8) is 0 Å². The topological polar surface area (TPSA) is 63.3 Å². The molecule has 0 bridgehead atoms. The molecule has 0 atom stereocenters. The van der Waals surface area contributed by atoms with Crippen LogP contribution in [0.1, 0.15) is 6.92 Å². The number of rotatable bonds is 2. The molecule has 3 N–H and O–H groups in total. The Hall–Kier alpha value is -0.830. The molecule has 0 aromatic rings. The number of nitrogens with two attached hydrogens (primary N) is 1. The van der Waals surface area contributed by atoms with Crippen LogP contribution in [0.2, 0.25) is 0 Å². The van der Waals surface area contributed by atoms with Crippen LogP contribution >= 0.6 is 0 Å². The second-order valence-corrected chi connectivity index (χ2v) is 1.34. The molecule has 8 heavy (non-hydrogen) atoms. The highest BCUT2D eigenvalue weighted by molar-refractivity contribution is 5.91. The van der Waals surface area contributed by atoms with Gasteiger partial charge in [-0.05, 0) is 6.92 Å². The van der Waals surface area contributed by atoms with Gasteiger partial charge in [0, 0.05) is 5.57 Å². The lowest BCUT2D eigenvalue weighted by Gasteiger charge is -1.92. The summed E-state index contributed by atoms with van der Waals surface area (Å²) < 4.78 is 0. The normalized spacial score (nSPS) is 11.5. The summed E-state index contributed by atoms with van der Waals surface area (Å²) in [4.78, 5) is 10.2. The number of hydrogen-bond donors (Lipinski definition) is 2. The molecule has 0 aliphatic heterocycles. The highest BCUT2D eigenvalue weighted by atomic mass is 16.3. The number of hydrogen-bond acceptors (Lipinski definition) is 2. The summed E-state index contributed by atoms with van der Waals surface area (Å²) in [6.45, 7) is 1.38. The predicted octanol–water partition coefficient (Wildman–Crippen LogP) is -0.590. The van der Waals surface area contributed by atoms with Gasteiger partial charge in [0.15, 0.2) is 0 Å². The van der Waals surface area contributed by atoms with E-state index in [4.69, 9.17) is 10.8 Å². The fraction of sp³-hybridized carbons (Fsp3) is 0.400. The summed E-state index contributed by atoms with van der Waals surface area (Å²) in [5.74, 6) is -0.560. The van der Waals surface area contributed by atoms with E-state index in [9.17, 15) is 4.79 Å². The zero-order valence-corrected chi connectivity index (χ0v) is 4.72. The third-order valence-electron chi connectivity index (χ3n) is 0.835. The minimum atomic E-state index is -0.560. The van der Waals surface area contributed by atoms with Crippen molar-refractivity contribution < 1.29 is 9.90 Å². The van der Waals surface area contributed by atoms with Crippen molar-refractivity contribution in [2.75, 3.05) is 6.61 Å². The van der Waals surface area contributed by atoms with Crippen LogP contribution in [-0.2, 0) is 4.79 Å². The van der Waals surface area contributed by atoms with Gasteiger partial charge in [-0.3, -0.25) is 4.79 Å². The Morgan fingerprint density at radius 3 is 2.38 bits per heavy atom. The summed E-state index contributed by atoms with van der Waals surface area (Å²) in [7, 11) is 0. The zero-order valence-electron chi connectivity index (χ0n) is 4.72. The van der Waals surface area contributed by atoms with Crippen LogP contribution in [0.25, 0.3) is 0 Å². The fourth-order valence-electron chi connectivity index (χ4n) is 0.311. The van der Waals surface area contributed by atoms with Gasteiger partial charge in [0.2, 0.25) is 5.91 Å². The monoisotopic (exact) mass is 115 g/mol. The first-order valence-electron chi connectivity index (χ1n) is 2.28. The Kier molecular flexibility index (Phi) is 2.88.